The number of benzene rings is 2. The molecule has 0 aliphatic heterocycles. The van der Waals surface area contributed by atoms with Crippen molar-refractivity contribution < 1.29 is 24.0 Å². The zero-order valence-electron chi connectivity index (χ0n) is 15.2. The van der Waals surface area contributed by atoms with Crippen molar-refractivity contribution in [3.8, 4) is 11.5 Å². The van der Waals surface area contributed by atoms with Crippen molar-refractivity contribution in [1.82, 2.24) is 5.32 Å². The Morgan fingerprint density at radius 1 is 1.18 bits per heavy atom. The minimum Gasteiger partial charge on any atom is -0.476 e. The van der Waals surface area contributed by atoms with E-state index >= 15 is 0 Å². The van der Waals surface area contributed by atoms with Gasteiger partial charge in [0.2, 0.25) is 11.7 Å². The number of carbonyl (C=O) groups is 2. The third-order valence-electron chi connectivity index (χ3n) is 3.91. The van der Waals surface area contributed by atoms with Crippen LogP contribution < -0.4 is 26.3 Å². The second-order valence-electron chi connectivity index (χ2n) is 6.02. The molecule has 2 unspecified atom stereocenters. The number of nitro benzene ring substituents is 1. The first-order valence-electron chi connectivity index (χ1n) is 8.14. The van der Waals surface area contributed by atoms with Crippen LogP contribution in [0.2, 0.25) is 0 Å². The minimum absolute atomic E-state index is 0.0114. The van der Waals surface area contributed by atoms with Gasteiger partial charge in [-0.15, -0.1) is 0 Å². The van der Waals surface area contributed by atoms with E-state index in [9.17, 15) is 19.7 Å². The van der Waals surface area contributed by atoms with Gasteiger partial charge in [0.1, 0.15) is 11.5 Å². The van der Waals surface area contributed by atoms with Gasteiger partial charge in [0.05, 0.1) is 11.0 Å². The van der Waals surface area contributed by atoms with Gasteiger partial charge < -0.3 is 26.3 Å². The number of nitrogen functional groups attached to an aromatic ring is 1. The Morgan fingerprint density at radius 3 is 2.39 bits per heavy atom. The molecule has 0 spiro atoms. The normalized spacial score (nSPS) is 13.6. The summed E-state index contributed by atoms with van der Waals surface area (Å²) in [5, 5.41) is 13.4. The standard InChI is InChI=1S/C18H20N4O6/c1-18(17(24)21-2,28-14-8-4-6-12(10-14)22(25)26)15(16(20)23)27-13-7-3-5-11(19)9-13/h3-10,15H,19H2,1-2H3,(H2,20,23)(H,21,24). The molecule has 0 aliphatic carbocycles. The number of nitro groups is 1. The van der Waals surface area contributed by atoms with Gasteiger partial charge in [-0.2, -0.15) is 0 Å². The molecule has 0 saturated carbocycles. The van der Waals surface area contributed by atoms with Crippen molar-refractivity contribution >= 4 is 23.2 Å². The number of ether oxygens (including phenoxy) is 2. The summed E-state index contributed by atoms with van der Waals surface area (Å²) in [7, 11) is 1.34. The summed E-state index contributed by atoms with van der Waals surface area (Å²) < 4.78 is 11.3. The smallest absolute Gasteiger partial charge is 0.273 e. The molecule has 0 aliphatic rings. The summed E-state index contributed by atoms with van der Waals surface area (Å²) in [5.74, 6) is -1.50. The van der Waals surface area contributed by atoms with Crippen molar-refractivity contribution in [3.05, 3.63) is 58.6 Å². The molecule has 10 nitrogen and oxygen atoms in total. The van der Waals surface area contributed by atoms with E-state index in [1.54, 1.807) is 12.1 Å². The Bertz CT molecular complexity index is 903. The molecular formula is C18H20N4O6. The molecule has 0 aromatic heterocycles. The van der Waals surface area contributed by atoms with Crippen LogP contribution in [0.15, 0.2) is 48.5 Å². The summed E-state index contributed by atoms with van der Waals surface area (Å²) in [6.45, 7) is 1.30. The highest BCUT2D eigenvalue weighted by molar-refractivity contribution is 5.94. The second kappa shape index (κ2) is 8.25. The van der Waals surface area contributed by atoms with Crippen LogP contribution in [-0.2, 0) is 9.59 Å². The molecule has 0 saturated heterocycles. The number of non-ortho nitro benzene ring substituents is 1. The molecule has 2 aromatic rings. The van der Waals surface area contributed by atoms with Gasteiger partial charge >= 0.3 is 0 Å². The number of hydrogen-bond acceptors (Lipinski definition) is 7. The number of likely N-dealkylation sites (N-methyl/N-ethyl adjacent to an activating group) is 1. The molecule has 10 heteroatoms. The number of rotatable bonds is 8. The van der Waals surface area contributed by atoms with Gasteiger partial charge in [-0.25, -0.2) is 0 Å². The Labute approximate surface area is 160 Å². The molecule has 0 heterocycles. The number of nitrogens with two attached hydrogens (primary N) is 2. The second-order valence-corrected chi connectivity index (χ2v) is 6.02. The number of nitrogens with one attached hydrogen (secondary N) is 1. The lowest BCUT2D eigenvalue weighted by molar-refractivity contribution is -0.385. The van der Waals surface area contributed by atoms with E-state index < -0.39 is 28.4 Å². The monoisotopic (exact) mass is 388 g/mol. The minimum atomic E-state index is -1.93. The highest BCUT2D eigenvalue weighted by Gasteiger charge is 2.49. The molecule has 2 atom stereocenters. The highest BCUT2D eigenvalue weighted by atomic mass is 16.6. The third kappa shape index (κ3) is 4.47. The summed E-state index contributed by atoms with van der Waals surface area (Å²) >= 11 is 0. The lowest BCUT2D eigenvalue weighted by atomic mass is 9.96. The lowest BCUT2D eigenvalue weighted by Gasteiger charge is -2.34. The molecular weight excluding hydrogens is 368 g/mol. The molecule has 0 bridgehead atoms. The number of nitrogens with zero attached hydrogens (tertiary/aromatic N) is 1. The first kappa shape index (κ1) is 20.5. The maximum atomic E-state index is 12.6. The van der Waals surface area contributed by atoms with Crippen molar-refractivity contribution in [1.29, 1.82) is 0 Å². The van der Waals surface area contributed by atoms with Crippen LogP contribution in [0.3, 0.4) is 0 Å². The van der Waals surface area contributed by atoms with Gasteiger partial charge in [-0.05, 0) is 25.1 Å². The van der Waals surface area contributed by atoms with Gasteiger partial charge in [0, 0.05) is 24.9 Å². The van der Waals surface area contributed by atoms with Crippen LogP contribution in [0.1, 0.15) is 6.92 Å². The average molecular weight is 388 g/mol. The quantitative estimate of drug-likeness (QED) is 0.345. The molecule has 148 valence electrons. The maximum absolute atomic E-state index is 12.6. The number of carbonyl (C=O) groups excluding carboxylic acids is 2. The summed E-state index contributed by atoms with van der Waals surface area (Å²) in [6, 6.07) is 11.4. The predicted octanol–water partition coefficient (Wildman–Crippen LogP) is 0.993. The molecule has 28 heavy (non-hydrogen) atoms. The van der Waals surface area contributed by atoms with E-state index in [1.807, 2.05) is 0 Å². The number of hydrogen-bond donors (Lipinski definition) is 3. The highest BCUT2D eigenvalue weighted by Crippen LogP contribution is 2.28. The molecule has 2 amide bonds. The van der Waals surface area contributed by atoms with Crippen LogP contribution in [0.5, 0.6) is 11.5 Å². The fourth-order valence-electron chi connectivity index (χ4n) is 2.54. The van der Waals surface area contributed by atoms with Crippen LogP contribution in [-0.4, -0.2) is 35.5 Å². The fourth-order valence-corrected chi connectivity index (χ4v) is 2.54. The van der Waals surface area contributed by atoms with Crippen LogP contribution >= 0.6 is 0 Å². The molecule has 0 fully saturated rings. The average Bonchev–Trinajstić information content (AvgIpc) is 2.65. The zero-order chi connectivity index (χ0) is 20.9. The van der Waals surface area contributed by atoms with E-state index in [-0.39, 0.29) is 17.2 Å². The SMILES string of the molecule is CNC(=O)C(C)(Oc1cccc([N+](=O)[O-])c1)C(Oc1cccc(N)c1)C(N)=O. The molecule has 2 aromatic carbocycles. The largest absolute Gasteiger partial charge is 0.476 e. The Hall–Kier alpha value is -3.82. The fraction of sp³-hybridized carbons (Fsp3) is 0.222. The number of anilines is 1. The first-order chi connectivity index (χ1) is 13.2. The Morgan fingerprint density at radius 2 is 1.82 bits per heavy atom. The molecule has 5 N–H and O–H groups in total. The lowest BCUT2D eigenvalue weighted by Crippen LogP contribution is -2.62. The summed E-state index contributed by atoms with van der Waals surface area (Å²) in [6.07, 6.45) is -1.56. The van der Waals surface area contributed by atoms with Gasteiger partial charge in [-0.3, -0.25) is 19.7 Å². The van der Waals surface area contributed by atoms with Gasteiger partial charge in [-0.1, -0.05) is 12.1 Å². The van der Waals surface area contributed by atoms with E-state index in [0.29, 0.717) is 5.69 Å². The molecule has 0 radical (unpaired) electrons. The Balaban J connectivity index is 2.45. The van der Waals surface area contributed by atoms with E-state index in [1.165, 1.54) is 44.3 Å². The summed E-state index contributed by atoms with van der Waals surface area (Å²) in [5.41, 5.74) is 9.37. The van der Waals surface area contributed by atoms with Crippen LogP contribution in [0.4, 0.5) is 11.4 Å². The topological polar surface area (TPSA) is 160 Å². The zero-order valence-corrected chi connectivity index (χ0v) is 15.2. The predicted molar refractivity (Wildman–Crippen MR) is 101 cm³/mol. The van der Waals surface area contributed by atoms with Crippen molar-refractivity contribution in [2.75, 3.05) is 12.8 Å². The van der Waals surface area contributed by atoms with E-state index in [4.69, 9.17) is 20.9 Å². The van der Waals surface area contributed by atoms with E-state index in [0.717, 1.165) is 6.07 Å². The van der Waals surface area contributed by atoms with Crippen molar-refractivity contribution in [2.24, 2.45) is 5.73 Å². The maximum Gasteiger partial charge on any atom is 0.273 e. The number of primary amides is 1. The van der Waals surface area contributed by atoms with Crippen LogP contribution in [0, 0.1) is 10.1 Å². The summed E-state index contributed by atoms with van der Waals surface area (Å²) in [4.78, 5) is 35.1. The first-order valence-corrected chi connectivity index (χ1v) is 8.14. The van der Waals surface area contributed by atoms with Crippen LogP contribution in [0.25, 0.3) is 0 Å². The molecule has 2 rings (SSSR count). The van der Waals surface area contributed by atoms with Crippen molar-refractivity contribution in [2.45, 2.75) is 18.6 Å². The van der Waals surface area contributed by atoms with E-state index in [2.05, 4.69) is 5.32 Å². The van der Waals surface area contributed by atoms with Crippen molar-refractivity contribution in [3.63, 3.8) is 0 Å². The Kier molecular flexibility index (Phi) is 6.04. The van der Waals surface area contributed by atoms with Gasteiger partial charge in [0.25, 0.3) is 17.5 Å². The van der Waals surface area contributed by atoms with Gasteiger partial charge in [0.15, 0.2) is 0 Å². The third-order valence-corrected chi connectivity index (χ3v) is 3.91. The number of amides is 2.